The summed E-state index contributed by atoms with van der Waals surface area (Å²) >= 11 is 7.51. The van der Waals surface area contributed by atoms with E-state index in [1.54, 1.807) is 31.4 Å². The predicted octanol–water partition coefficient (Wildman–Crippen LogP) is 4.24. The van der Waals surface area contributed by atoms with Crippen LogP contribution in [-0.4, -0.2) is 24.2 Å². The maximum Gasteiger partial charge on any atom is 0.283 e. The normalized spacial score (nSPS) is 11.0. The van der Waals surface area contributed by atoms with Crippen molar-refractivity contribution in [1.29, 1.82) is 0 Å². The van der Waals surface area contributed by atoms with Gasteiger partial charge in [-0.1, -0.05) is 23.7 Å². The third-order valence-electron chi connectivity index (χ3n) is 3.50. The number of amides is 1. The second-order valence-corrected chi connectivity index (χ2v) is 6.59. The standard InChI is InChI=1S/C17H12ClN3O4S/c1-25-12-5-6-13-14(8-12)26-16(15(13)18)17(22)20-19-9-10-3-2-4-11(7-10)21(23)24/h2-9H,1H3,(H,20,22). The summed E-state index contributed by atoms with van der Waals surface area (Å²) in [7, 11) is 1.56. The number of hydrazone groups is 1. The summed E-state index contributed by atoms with van der Waals surface area (Å²) in [6.07, 6.45) is 1.33. The summed E-state index contributed by atoms with van der Waals surface area (Å²) in [5.74, 6) is 0.211. The van der Waals surface area contributed by atoms with Crippen LogP contribution in [0.2, 0.25) is 5.02 Å². The smallest absolute Gasteiger partial charge is 0.283 e. The van der Waals surface area contributed by atoms with Gasteiger partial charge in [0.2, 0.25) is 0 Å². The molecule has 0 atom stereocenters. The van der Waals surface area contributed by atoms with E-state index < -0.39 is 10.8 Å². The zero-order valence-electron chi connectivity index (χ0n) is 13.4. The van der Waals surface area contributed by atoms with Gasteiger partial charge in [0.05, 0.1) is 23.3 Å². The number of nitrogens with zero attached hydrogens (tertiary/aromatic N) is 2. The molecular weight excluding hydrogens is 378 g/mol. The van der Waals surface area contributed by atoms with Gasteiger partial charge >= 0.3 is 0 Å². The van der Waals surface area contributed by atoms with Gasteiger partial charge in [-0.15, -0.1) is 11.3 Å². The first-order valence-electron chi connectivity index (χ1n) is 7.33. The number of hydrogen-bond acceptors (Lipinski definition) is 6. The fraction of sp³-hybridized carbons (Fsp3) is 0.0588. The van der Waals surface area contributed by atoms with E-state index in [0.717, 1.165) is 10.1 Å². The Hall–Kier alpha value is -2.97. The number of fused-ring (bicyclic) bond motifs is 1. The van der Waals surface area contributed by atoms with Gasteiger partial charge < -0.3 is 4.74 Å². The molecule has 1 N–H and O–H groups in total. The van der Waals surface area contributed by atoms with Crippen molar-refractivity contribution in [2.75, 3.05) is 7.11 Å². The van der Waals surface area contributed by atoms with Gasteiger partial charge in [0.1, 0.15) is 10.6 Å². The number of carbonyl (C=O) groups is 1. The molecule has 0 aliphatic heterocycles. The topological polar surface area (TPSA) is 93.8 Å². The van der Waals surface area contributed by atoms with E-state index in [2.05, 4.69) is 10.5 Å². The number of rotatable bonds is 5. The molecule has 9 heteroatoms. The molecule has 3 aromatic rings. The minimum atomic E-state index is -0.499. The van der Waals surface area contributed by atoms with Crippen LogP contribution < -0.4 is 10.2 Å². The average Bonchev–Trinajstić information content (AvgIpc) is 2.98. The number of thiophene rings is 1. The van der Waals surface area contributed by atoms with E-state index in [-0.39, 0.29) is 5.69 Å². The molecule has 1 amide bonds. The third-order valence-corrected chi connectivity index (χ3v) is 5.16. The summed E-state index contributed by atoms with van der Waals surface area (Å²) < 4.78 is 5.99. The second kappa shape index (κ2) is 7.51. The number of ether oxygens (including phenoxy) is 1. The maximum atomic E-state index is 12.3. The molecular formula is C17H12ClN3O4S. The molecule has 0 saturated carbocycles. The predicted molar refractivity (Wildman–Crippen MR) is 102 cm³/mol. The van der Waals surface area contributed by atoms with Crippen molar-refractivity contribution in [3.63, 3.8) is 0 Å². The molecule has 0 fully saturated rings. The van der Waals surface area contributed by atoms with Crippen molar-refractivity contribution in [3.05, 3.63) is 68.0 Å². The fourth-order valence-electron chi connectivity index (χ4n) is 2.25. The fourth-order valence-corrected chi connectivity index (χ4v) is 3.69. The molecule has 1 heterocycles. The minimum absolute atomic E-state index is 0.0539. The quantitative estimate of drug-likeness (QED) is 0.401. The molecule has 0 aliphatic rings. The van der Waals surface area contributed by atoms with E-state index >= 15 is 0 Å². The van der Waals surface area contributed by atoms with Crippen LogP contribution in [0.25, 0.3) is 10.1 Å². The Morgan fingerprint density at radius 1 is 1.35 bits per heavy atom. The van der Waals surface area contributed by atoms with Crippen LogP contribution in [0.1, 0.15) is 15.2 Å². The number of methoxy groups -OCH3 is 1. The zero-order chi connectivity index (χ0) is 18.7. The van der Waals surface area contributed by atoms with Gasteiger partial charge in [0, 0.05) is 27.8 Å². The van der Waals surface area contributed by atoms with Crippen molar-refractivity contribution < 1.29 is 14.5 Å². The van der Waals surface area contributed by atoms with E-state index in [4.69, 9.17) is 16.3 Å². The SMILES string of the molecule is COc1ccc2c(Cl)c(C(=O)NN=Cc3cccc([N+](=O)[O-])c3)sc2c1. The van der Waals surface area contributed by atoms with Crippen molar-refractivity contribution in [2.24, 2.45) is 5.10 Å². The molecule has 0 spiro atoms. The van der Waals surface area contributed by atoms with Crippen molar-refractivity contribution in [2.45, 2.75) is 0 Å². The number of nitro groups is 1. The van der Waals surface area contributed by atoms with Crippen LogP contribution in [0.5, 0.6) is 5.75 Å². The Morgan fingerprint density at radius 3 is 2.88 bits per heavy atom. The zero-order valence-corrected chi connectivity index (χ0v) is 15.0. The van der Waals surface area contributed by atoms with Crippen LogP contribution in [0.15, 0.2) is 47.6 Å². The van der Waals surface area contributed by atoms with Gasteiger partial charge in [-0.2, -0.15) is 5.10 Å². The van der Waals surface area contributed by atoms with Crippen LogP contribution in [0, 0.1) is 10.1 Å². The lowest BCUT2D eigenvalue weighted by Crippen LogP contribution is -2.16. The van der Waals surface area contributed by atoms with Crippen molar-refractivity contribution in [3.8, 4) is 5.75 Å². The highest BCUT2D eigenvalue weighted by atomic mass is 35.5. The van der Waals surface area contributed by atoms with Gasteiger partial charge in [-0.25, -0.2) is 5.43 Å². The van der Waals surface area contributed by atoms with E-state index in [9.17, 15) is 14.9 Å². The lowest BCUT2D eigenvalue weighted by atomic mass is 10.2. The van der Waals surface area contributed by atoms with Gasteiger partial charge in [0.25, 0.3) is 11.6 Å². The number of hydrogen-bond donors (Lipinski definition) is 1. The molecule has 0 bridgehead atoms. The molecule has 0 radical (unpaired) electrons. The Morgan fingerprint density at radius 2 is 2.15 bits per heavy atom. The van der Waals surface area contributed by atoms with Crippen molar-refractivity contribution >= 4 is 50.8 Å². The summed E-state index contributed by atoms with van der Waals surface area (Å²) in [6.45, 7) is 0. The number of halogens is 1. The monoisotopic (exact) mass is 389 g/mol. The largest absolute Gasteiger partial charge is 0.497 e. The molecule has 2 aromatic carbocycles. The molecule has 0 saturated heterocycles. The summed E-state index contributed by atoms with van der Waals surface area (Å²) in [6, 6.07) is 11.3. The van der Waals surface area contributed by atoms with Crippen molar-refractivity contribution in [1.82, 2.24) is 5.43 Å². The highest BCUT2D eigenvalue weighted by molar-refractivity contribution is 7.21. The second-order valence-electron chi connectivity index (χ2n) is 5.16. The molecule has 26 heavy (non-hydrogen) atoms. The number of benzene rings is 2. The molecule has 3 rings (SSSR count). The Kier molecular flexibility index (Phi) is 5.15. The Labute approximate surface area is 157 Å². The summed E-state index contributed by atoms with van der Waals surface area (Å²) in [4.78, 5) is 22.9. The minimum Gasteiger partial charge on any atom is -0.497 e. The van der Waals surface area contributed by atoms with Crippen LogP contribution in [0.4, 0.5) is 5.69 Å². The lowest BCUT2D eigenvalue weighted by Gasteiger charge is -1.98. The number of nitrogens with one attached hydrogen (secondary N) is 1. The van der Waals surface area contributed by atoms with Gasteiger partial charge in [-0.05, 0) is 18.2 Å². The summed E-state index contributed by atoms with van der Waals surface area (Å²) in [5.41, 5.74) is 2.82. The first-order chi connectivity index (χ1) is 12.5. The number of carbonyl (C=O) groups excluding carboxylic acids is 1. The molecule has 1 aromatic heterocycles. The van der Waals surface area contributed by atoms with Gasteiger partial charge in [0.15, 0.2) is 0 Å². The highest BCUT2D eigenvalue weighted by Gasteiger charge is 2.17. The highest BCUT2D eigenvalue weighted by Crippen LogP contribution is 2.37. The van der Waals surface area contributed by atoms with E-state index in [1.807, 2.05) is 0 Å². The molecule has 7 nitrogen and oxygen atoms in total. The summed E-state index contributed by atoms with van der Waals surface area (Å²) in [5, 5.41) is 15.7. The molecule has 0 aliphatic carbocycles. The number of non-ortho nitro benzene ring substituents is 1. The third kappa shape index (κ3) is 3.66. The van der Waals surface area contributed by atoms with E-state index in [0.29, 0.717) is 21.2 Å². The Balaban J connectivity index is 1.78. The van der Waals surface area contributed by atoms with Crippen LogP contribution in [0.3, 0.4) is 0 Å². The van der Waals surface area contributed by atoms with Gasteiger partial charge in [-0.3, -0.25) is 14.9 Å². The molecule has 0 unspecified atom stereocenters. The maximum absolute atomic E-state index is 12.3. The van der Waals surface area contributed by atoms with E-state index in [1.165, 1.54) is 35.8 Å². The Bertz CT molecular complexity index is 1030. The lowest BCUT2D eigenvalue weighted by molar-refractivity contribution is -0.384. The molecule has 132 valence electrons. The number of nitro benzene ring substituents is 1. The first kappa shape index (κ1) is 17.8. The van der Waals surface area contributed by atoms with Crippen LogP contribution in [-0.2, 0) is 0 Å². The first-order valence-corrected chi connectivity index (χ1v) is 8.53. The van der Waals surface area contributed by atoms with Crippen LogP contribution >= 0.6 is 22.9 Å². The average molecular weight is 390 g/mol.